The Balaban J connectivity index is 1.46. The molecule has 0 atom stereocenters. The Morgan fingerprint density at radius 1 is 0.829 bits per heavy atom. The van der Waals surface area contributed by atoms with Gasteiger partial charge in [0, 0.05) is 5.39 Å². The van der Waals surface area contributed by atoms with Crippen LogP contribution in [0, 0.1) is 23.4 Å². The van der Waals surface area contributed by atoms with Crippen LogP contribution in [0.2, 0.25) is 0 Å². The van der Waals surface area contributed by atoms with Crippen molar-refractivity contribution < 1.29 is 26.3 Å². The summed E-state index contributed by atoms with van der Waals surface area (Å²) >= 11 is 0. The lowest BCUT2D eigenvalue weighted by Gasteiger charge is -2.29. The van der Waals surface area contributed by atoms with E-state index in [0.717, 1.165) is 24.1 Å². The van der Waals surface area contributed by atoms with E-state index >= 15 is 4.39 Å². The summed E-state index contributed by atoms with van der Waals surface area (Å²) in [6, 6.07) is 10.7. The summed E-state index contributed by atoms with van der Waals surface area (Å²) in [5.41, 5.74) is -0.252. The summed E-state index contributed by atoms with van der Waals surface area (Å²) in [7, 11) is 0. The Morgan fingerprint density at radius 2 is 1.51 bits per heavy atom. The summed E-state index contributed by atoms with van der Waals surface area (Å²) < 4.78 is 81.2. The second-order valence-electron chi connectivity index (χ2n) is 9.81. The predicted octanol–water partition coefficient (Wildman–Crippen LogP) is 9.53. The van der Waals surface area contributed by atoms with Crippen LogP contribution in [0.15, 0.2) is 42.5 Å². The number of hydrogen-bond acceptors (Lipinski definition) is 0. The largest absolute Gasteiger partial charge is 0.422 e. The van der Waals surface area contributed by atoms with Crippen LogP contribution in [-0.4, -0.2) is 0 Å². The van der Waals surface area contributed by atoms with E-state index in [1.165, 1.54) is 37.7 Å². The van der Waals surface area contributed by atoms with Gasteiger partial charge in [-0.15, -0.1) is 0 Å². The van der Waals surface area contributed by atoms with Gasteiger partial charge in [-0.2, -0.15) is 13.2 Å². The van der Waals surface area contributed by atoms with Gasteiger partial charge in [-0.1, -0.05) is 56.5 Å². The highest BCUT2D eigenvalue weighted by molar-refractivity contribution is 5.84. The molecule has 35 heavy (non-hydrogen) atoms. The summed E-state index contributed by atoms with van der Waals surface area (Å²) in [5.74, 6) is -2.40. The normalized spacial score (nSPS) is 18.8. The van der Waals surface area contributed by atoms with E-state index in [9.17, 15) is 22.0 Å². The molecule has 1 aliphatic carbocycles. The van der Waals surface area contributed by atoms with Crippen molar-refractivity contribution in [2.24, 2.45) is 5.92 Å². The maximum atomic E-state index is 15.2. The topological polar surface area (TPSA) is 0 Å². The van der Waals surface area contributed by atoms with Crippen LogP contribution in [0.3, 0.4) is 0 Å². The Bertz CT molecular complexity index is 1150. The molecule has 4 rings (SSSR count). The fraction of sp³-hybridized carbons (Fsp3) is 0.448. The van der Waals surface area contributed by atoms with Crippen LogP contribution in [-0.2, 0) is 19.0 Å². The maximum absolute atomic E-state index is 15.2. The third-order valence-corrected chi connectivity index (χ3v) is 7.41. The first-order valence-corrected chi connectivity index (χ1v) is 12.4. The first kappa shape index (κ1) is 25.6. The molecular formula is C29H30F6. The van der Waals surface area contributed by atoms with E-state index in [2.05, 4.69) is 13.0 Å². The monoisotopic (exact) mass is 492 g/mol. The van der Waals surface area contributed by atoms with Gasteiger partial charge >= 0.3 is 6.18 Å². The number of aryl methyl sites for hydroxylation is 2. The number of rotatable bonds is 7. The van der Waals surface area contributed by atoms with Crippen molar-refractivity contribution >= 4 is 10.8 Å². The molecule has 1 aliphatic rings. The number of benzene rings is 3. The van der Waals surface area contributed by atoms with Crippen LogP contribution >= 0.6 is 0 Å². The third-order valence-electron chi connectivity index (χ3n) is 7.41. The lowest BCUT2D eigenvalue weighted by Crippen LogP contribution is -2.13. The van der Waals surface area contributed by atoms with Gasteiger partial charge in [0.15, 0.2) is 0 Å². The lowest BCUT2D eigenvalue weighted by atomic mass is 9.77. The van der Waals surface area contributed by atoms with E-state index in [-0.39, 0.29) is 18.4 Å². The SMILES string of the molecule is CCCCC1CCC(c2ccc3c(F)c(CCc4cc(F)c(C(F)(F)F)c(F)c4)ccc3c2)CC1. The Kier molecular flexibility index (Phi) is 7.77. The number of hydrogen-bond donors (Lipinski definition) is 0. The van der Waals surface area contributed by atoms with Gasteiger partial charge in [0.25, 0.3) is 0 Å². The zero-order valence-corrected chi connectivity index (χ0v) is 19.8. The third kappa shape index (κ3) is 5.84. The van der Waals surface area contributed by atoms with E-state index in [1.807, 2.05) is 12.1 Å². The fourth-order valence-corrected chi connectivity index (χ4v) is 5.40. The minimum absolute atomic E-state index is 0.0216. The number of halogens is 6. The number of alkyl halides is 3. The molecule has 0 unspecified atom stereocenters. The van der Waals surface area contributed by atoms with Crippen LogP contribution < -0.4 is 0 Å². The van der Waals surface area contributed by atoms with Crippen molar-refractivity contribution in [3.8, 4) is 0 Å². The molecule has 3 aromatic rings. The minimum Gasteiger partial charge on any atom is -0.206 e. The van der Waals surface area contributed by atoms with Crippen molar-refractivity contribution in [1.82, 2.24) is 0 Å². The molecule has 0 heterocycles. The minimum atomic E-state index is -5.11. The van der Waals surface area contributed by atoms with E-state index in [1.54, 1.807) is 12.1 Å². The zero-order chi connectivity index (χ0) is 25.2. The van der Waals surface area contributed by atoms with Gasteiger partial charge in [-0.25, -0.2) is 13.2 Å². The van der Waals surface area contributed by atoms with E-state index < -0.39 is 29.2 Å². The van der Waals surface area contributed by atoms with Crippen LogP contribution in [0.1, 0.15) is 80.0 Å². The molecule has 0 radical (unpaired) electrons. The van der Waals surface area contributed by atoms with Crippen LogP contribution in [0.5, 0.6) is 0 Å². The number of unbranched alkanes of at least 4 members (excludes halogenated alkanes) is 1. The molecule has 0 bridgehead atoms. The van der Waals surface area contributed by atoms with E-state index in [0.29, 0.717) is 29.0 Å². The van der Waals surface area contributed by atoms with E-state index in [4.69, 9.17) is 0 Å². The van der Waals surface area contributed by atoms with Gasteiger partial charge in [-0.05, 0) is 84.6 Å². The molecule has 0 saturated heterocycles. The van der Waals surface area contributed by atoms with Gasteiger partial charge in [0.1, 0.15) is 23.0 Å². The molecule has 0 N–H and O–H groups in total. The Labute approximate surface area is 202 Å². The predicted molar refractivity (Wildman–Crippen MR) is 127 cm³/mol. The average molecular weight is 493 g/mol. The standard InChI is InChI=1S/C29H30F6/c1-2-3-4-18-5-8-20(9-6-18)22-13-14-24-23(17-22)12-11-21(28(24)32)10-7-19-15-25(30)27(26(31)16-19)29(33,34)35/h11-18,20H,2-10H2,1H3. The molecule has 188 valence electrons. The first-order valence-electron chi connectivity index (χ1n) is 12.4. The van der Waals surface area contributed by atoms with Crippen molar-refractivity contribution in [2.75, 3.05) is 0 Å². The average Bonchev–Trinajstić information content (AvgIpc) is 2.81. The van der Waals surface area contributed by atoms with Gasteiger partial charge in [-0.3, -0.25) is 0 Å². The second kappa shape index (κ2) is 10.6. The highest BCUT2D eigenvalue weighted by Gasteiger charge is 2.37. The fourth-order valence-electron chi connectivity index (χ4n) is 5.40. The Morgan fingerprint density at radius 3 is 2.14 bits per heavy atom. The van der Waals surface area contributed by atoms with Crippen molar-refractivity contribution in [3.63, 3.8) is 0 Å². The van der Waals surface area contributed by atoms with Crippen LogP contribution in [0.4, 0.5) is 26.3 Å². The highest BCUT2D eigenvalue weighted by atomic mass is 19.4. The van der Waals surface area contributed by atoms with Gasteiger partial charge < -0.3 is 0 Å². The second-order valence-corrected chi connectivity index (χ2v) is 9.81. The molecule has 1 saturated carbocycles. The molecule has 0 spiro atoms. The molecule has 3 aromatic carbocycles. The quantitative estimate of drug-likeness (QED) is 0.288. The van der Waals surface area contributed by atoms with Crippen molar-refractivity contribution in [1.29, 1.82) is 0 Å². The summed E-state index contributed by atoms with van der Waals surface area (Å²) in [6.07, 6.45) is 3.64. The molecule has 0 aliphatic heterocycles. The first-order chi connectivity index (χ1) is 16.7. The summed E-state index contributed by atoms with van der Waals surface area (Å²) in [5, 5.41) is 1.29. The lowest BCUT2D eigenvalue weighted by molar-refractivity contribution is -0.142. The molecule has 0 aromatic heterocycles. The molecule has 0 nitrogen and oxygen atoms in total. The molecular weight excluding hydrogens is 462 g/mol. The number of fused-ring (bicyclic) bond motifs is 1. The summed E-state index contributed by atoms with van der Waals surface area (Å²) in [4.78, 5) is 0. The molecule has 1 fully saturated rings. The molecule has 6 heteroatoms. The summed E-state index contributed by atoms with van der Waals surface area (Å²) in [6.45, 7) is 2.22. The maximum Gasteiger partial charge on any atom is 0.422 e. The smallest absolute Gasteiger partial charge is 0.206 e. The van der Waals surface area contributed by atoms with Crippen LogP contribution in [0.25, 0.3) is 10.8 Å². The molecule has 0 amide bonds. The van der Waals surface area contributed by atoms with Gasteiger partial charge in [0.05, 0.1) is 0 Å². The highest BCUT2D eigenvalue weighted by Crippen LogP contribution is 2.39. The van der Waals surface area contributed by atoms with Crippen molar-refractivity contribution in [3.05, 3.63) is 82.2 Å². The van der Waals surface area contributed by atoms with Gasteiger partial charge in [0.2, 0.25) is 0 Å². The Hall–Kier alpha value is -2.50. The van der Waals surface area contributed by atoms with Crippen molar-refractivity contribution in [2.45, 2.75) is 76.8 Å². The zero-order valence-electron chi connectivity index (χ0n) is 19.8.